The molecule has 0 saturated carbocycles. The molecule has 0 spiro atoms. The van der Waals surface area contributed by atoms with Crippen LogP contribution in [-0.4, -0.2) is 10.1 Å². The van der Waals surface area contributed by atoms with Gasteiger partial charge >= 0.3 is 0 Å². The lowest BCUT2D eigenvalue weighted by molar-refractivity contribution is 0.476. The molecule has 0 fully saturated rings. The number of hydrogen-bond acceptors (Lipinski definition) is 2. The molecule has 1 N–H and O–H groups in total. The van der Waals surface area contributed by atoms with Crippen LogP contribution in [0.2, 0.25) is 0 Å². The zero-order valence-corrected chi connectivity index (χ0v) is 10.1. The number of phenolic OH excluding ortho intramolecular Hbond substituents is 1. The molecule has 3 aromatic rings. The van der Waals surface area contributed by atoms with Crippen LogP contribution in [-0.2, 0) is 0 Å². The third kappa shape index (κ3) is 1.82. The normalized spacial score (nSPS) is 10.7. The van der Waals surface area contributed by atoms with Crippen molar-refractivity contribution in [1.29, 1.82) is 0 Å². The lowest BCUT2D eigenvalue weighted by Gasteiger charge is -2.06. The van der Waals surface area contributed by atoms with Crippen LogP contribution in [0.3, 0.4) is 0 Å². The molecule has 88 valence electrons. The first-order valence-corrected chi connectivity index (χ1v) is 5.90. The maximum atomic E-state index is 9.51. The number of nitrogens with zero attached hydrogens (tertiary/aromatic N) is 1. The first-order valence-electron chi connectivity index (χ1n) is 5.90. The molecule has 2 heteroatoms. The molecule has 1 heterocycles. The van der Waals surface area contributed by atoms with Gasteiger partial charge in [-0.3, -0.25) is 0 Å². The van der Waals surface area contributed by atoms with Crippen LogP contribution in [0.4, 0.5) is 0 Å². The van der Waals surface area contributed by atoms with E-state index in [4.69, 9.17) is 0 Å². The molecule has 1 aromatic heterocycles. The number of phenols is 1. The third-order valence-corrected chi connectivity index (χ3v) is 3.10. The molecule has 0 unspecified atom stereocenters. The second-order valence-corrected chi connectivity index (χ2v) is 4.39. The van der Waals surface area contributed by atoms with Gasteiger partial charge in [-0.25, -0.2) is 4.98 Å². The monoisotopic (exact) mass is 235 g/mol. The maximum Gasteiger partial charge on any atom is 0.117 e. The summed E-state index contributed by atoms with van der Waals surface area (Å²) in [6, 6.07) is 17.5. The number of aryl methyl sites for hydroxylation is 1. The highest BCUT2D eigenvalue weighted by Crippen LogP contribution is 2.25. The van der Waals surface area contributed by atoms with Gasteiger partial charge in [0, 0.05) is 17.0 Å². The maximum absolute atomic E-state index is 9.51. The highest BCUT2D eigenvalue weighted by molar-refractivity contribution is 5.83. The molecule has 0 atom stereocenters. The van der Waals surface area contributed by atoms with Crippen LogP contribution < -0.4 is 0 Å². The van der Waals surface area contributed by atoms with Crippen molar-refractivity contribution in [1.82, 2.24) is 4.98 Å². The number of aromatic nitrogens is 1. The molecule has 2 aromatic carbocycles. The summed E-state index contributed by atoms with van der Waals surface area (Å²) < 4.78 is 0. The van der Waals surface area contributed by atoms with Crippen molar-refractivity contribution < 1.29 is 5.11 Å². The Morgan fingerprint density at radius 1 is 0.944 bits per heavy atom. The van der Waals surface area contributed by atoms with Crippen LogP contribution >= 0.6 is 0 Å². The van der Waals surface area contributed by atoms with Gasteiger partial charge in [0.15, 0.2) is 0 Å². The highest BCUT2D eigenvalue weighted by Gasteiger charge is 2.04. The summed E-state index contributed by atoms with van der Waals surface area (Å²) in [5.41, 5.74) is 4.08. The van der Waals surface area contributed by atoms with Crippen molar-refractivity contribution in [3.8, 4) is 17.0 Å². The second-order valence-electron chi connectivity index (χ2n) is 4.39. The molecular weight excluding hydrogens is 222 g/mol. The fraction of sp³-hybridized carbons (Fsp3) is 0.0625. The third-order valence-electron chi connectivity index (χ3n) is 3.10. The van der Waals surface area contributed by atoms with Crippen molar-refractivity contribution in [3.05, 3.63) is 60.2 Å². The standard InChI is InChI=1S/C16H13NO/c1-11-4-2-3-5-14(11)15-9-7-12-6-8-13(18)10-16(12)17-15/h2-10,18H,1H3. The minimum absolute atomic E-state index is 0.247. The van der Waals surface area contributed by atoms with Gasteiger partial charge in [-0.15, -0.1) is 0 Å². The van der Waals surface area contributed by atoms with Crippen molar-refractivity contribution in [2.75, 3.05) is 0 Å². The number of aromatic hydroxyl groups is 1. The summed E-state index contributed by atoms with van der Waals surface area (Å²) >= 11 is 0. The Kier molecular flexibility index (Phi) is 2.49. The average molecular weight is 235 g/mol. The number of pyridine rings is 1. The SMILES string of the molecule is Cc1ccccc1-c1ccc2ccc(O)cc2n1. The fourth-order valence-corrected chi connectivity index (χ4v) is 2.12. The Morgan fingerprint density at radius 2 is 1.72 bits per heavy atom. The van der Waals surface area contributed by atoms with Gasteiger partial charge in [0.2, 0.25) is 0 Å². The Bertz CT molecular complexity index is 719. The van der Waals surface area contributed by atoms with E-state index in [1.165, 1.54) is 5.56 Å². The van der Waals surface area contributed by atoms with Crippen molar-refractivity contribution in [2.24, 2.45) is 0 Å². The van der Waals surface area contributed by atoms with E-state index in [2.05, 4.69) is 24.0 Å². The van der Waals surface area contributed by atoms with Gasteiger partial charge in [0.1, 0.15) is 5.75 Å². The Labute approximate surface area is 106 Å². The van der Waals surface area contributed by atoms with E-state index in [1.54, 1.807) is 12.1 Å². The Balaban J connectivity index is 2.22. The Hall–Kier alpha value is -2.35. The van der Waals surface area contributed by atoms with E-state index in [0.29, 0.717) is 0 Å². The largest absolute Gasteiger partial charge is 0.508 e. The first-order chi connectivity index (χ1) is 8.74. The van der Waals surface area contributed by atoms with Crippen molar-refractivity contribution in [3.63, 3.8) is 0 Å². The van der Waals surface area contributed by atoms with Gasteiger partial charge in [0.05, 0.1) is 11.2 Å². The van der Waals surface area contributed by atoms with Crippen molar-refractivity contribution >= 4 is 10.9 Å². The predicted octanol–water partition coefficient (Wildman–Crippen LogP) is 3.92. The molecule has 2 nitrogen and oxygen atoms in total. The average Bonchev–Trinajstić information content (AvgIpc) is 2.38. The summed E-state index contributed by atoms with van der Waals surface area (Å²) in [6.07, 6.45) is 0. The number of benzene rings is 2. The zero-order valence-electron chi connectivity index (χ0n) is 10.1. The number of hydrogen-bond donors (Lipinski definition) is 1. The predicted molar refractivity (Wildman–Crippen MR) is 73.6 cm³/mol. The van der Waals surface area contributed by atoms with Crippen LogP contribution in [0.5, 0.6) is 5.75 Å². The molecule has 0 radical (unpaired) electrons. The number of fused-ring (bicyclic) bond motifs is 1. The molecular formula is C16H13NO. The first kappa shape index (κ1) is 10.8. The molecule has 3 rings (SSSR count). The molecule has 0 aliphatic heterocycles. The summed E-state index contributed by atoms with van der Waals surface area (Å²) in [5.74, 6) is 0.247. The number of rotatable bonds is 1. The van der Waals surface area contributed by atoms with Gasteiger partial charge in [-0.05, 0) is 30.7 Å². The van der Waals surface area contributed by atoms with Gasteiger partial charge in [-0.2, -0.15) is 0 Å². The fourth-order valence-electron chi connectivity index (χ4n) is 2.12. The smallest absolute Gasteiger partial charge is 0.117 e. The van der Waals surface area contributed by atoms with Crippen LogP contribution in [0.1, 0.15) is 5.56 Å². The molecule has 0 amide bonds. The Morgan fingerprint density at radius 3 is 2.56 bits per heavy atom. The lowest BCUT2D eigenvalue weighted by atomic mass is 10.0. The molecule has 0 aliphatic rings. The zero-order chi connectivity index (χ0) is 12.5. The summed E-state index contributed by atoms with van der Waals surface area (Å²) in [5, 5.41) is 10.5. The molecule has 0 bridgehead atoms. The van der Waals surface area contributed by atoms with Crippen molar-refractivity contribution in [2.45, 2.75) is 6.92 Å². The minimum Gasteiger partial charge on any atom is -0.508 e. The molecule has 0 saturated heterocycles. The molecule has 0 aliphatic carbocycles. The van der Waals surface area contributed by atoms with E-state index < -0.39 is 0 Å². The quantitative estimate of drug-likeness (QED) is 0.693. The van der Waals surface area contributed by atoms with E-state index in [9.17, 15) is 5.11 Å². The van der Waals surface area contributed by atoms with E-state index in [-0.39, 0.29) is 5.75 Å². The van der Waals surface area contributed by atoms with E-state index >= 15 is 0 Å². The minimum atomic E-state index is 0.247. The van der Waals surface area contributed by atoms with Crippen LogP contribution in [0.25, 0.3) is 22.2 Å². The lowest BCUT2D eigenvalue weighted by Crippen LogP contribution is -1.87. The topological polar surface area (TPSA) is 33.1 Å². The van der Waals surface area contributed by atoms with Gasteiger partial charge in [-0.1, -0.05) is 30.3 Å². The summed E-state index contributed by atoms with van der Waals surface area (Å²) in [6.45, 7) is 2.07. The molecule has 18 heavy (non-hydrogen) atoms. The van der Waals surface area contributed by atoms with Crippen LogP contribution in [0, 0.1) is 6.92 Å². The van der Waals surface area contributed by atoms with E-state index in [0.717, 1.165) is 22.2 Å². The van der Waals surface area contributed by atoms with Crippen LogP contribution in [0.15, 0.2) is 54.6 Å². The van der Waals surface area contributed by atoms with E-state index in [1.807, 2.05) is 30.3 Å². The summed E-state index contributed by atoms with van der Waals surface area (Å²) in [7, 11) is 0. The second kappa shape index (κ2) is 4.15. The highest BCUT2D eigenvalue weighted by atomic mass is 16.3. The van der Waals surface area contributed by atoms with Gasteiger partial charge in [0.25, 0.3) is 0 Å². The summed E-state index contributed by atoms with van der Waals surface area (Å²) in [4.78, 5) is 4.61. The van der Waals surface area contributed by atoms with Gasteiger partial charge < -0.3 is 5.11 Å².